The van der Waals surface area contributed by atoms with E-state index in [0.29, 0.717) is 34.6 Å². The molecule has 3 aromatic carbocycles. The summed E-state index contributed by atoms with van der Waals surface area (Å²) in [4.78, 5) is 14.3. The minimum atomic E-state index is -3.59. The van der Waals surface area contributed by atoms with Crippen LogP contribution in [-0.4, -0.2) is 42.4 Å². The van der Waals surface area contributed by atoms with E-state index in [-0.39, 0.29) is 22.8 Å². The lowest BCUT2D eigenvalue weighted by Crippen LogP contribution is -2.35. The quantitative estimate of drug-likeness (QED) is 0.291. The van der Waals surface area contributed by atoms with Crippen molar-refractivity contribution in [2.75, 3.05) is 13.1 Å². The maximum Gasteiger partial charge on any atom is 0.274 e. The zero-order valence-corrected chi connectivity index (χ0v) is 25.7. The van der Waals surface area contributed by atoms with Gasteiger partial charge in [0, 0.05) is 34.6 Å². The molecule has 2 heterocycles. The third kappa shape index (κ3) is 5.80. The number of carbonyl (C=O) groups excluding carboxylic acids is 1. The molecule has 42 heavy (non-hydrogen) atoms. The third-order valence-corrected chi connectivity index (χ3v) is 10.9. The molecule has 0 N–H and O–H groups in total. The molecule has 3 aliphatic rings. The summed E-state index contributed by atoms with van der Waals surface area (Å²) < 4.78 is 27.9. The van der Waals surface area contributed by atoms with Crippen molar-refractivity contribution in [3.05, 3.63) is 105 Å². The number of fused-ring (bicyclic) bond motifs is 1. The Morgan fingerprint density at radius 2 is 1.50 bits per heavy atom. The van der Waals surface area contributed by atoms with E-state index in [2.05, 4.69) is 13.0 Å². The van der Waals surface area contributed by atoms with Crippen LogP contribution >= 0.6 is 23.2 Å². The monoisotopic (exact) mass is 621 g/mol. The Morgan fingerprint density at radius 1 is 0.881 bits per heavy atom. The van der Waals surface area contributed by atoms with Crippen LogP contribution in [-0.2, 0) is 10.0 Å². The van der Waals surface area contributed by atoms with Gasteiger partial charge in [-0.25, -0.2) is 13.4 Å². The van der Waals surface area contributed by atoms with Gasteiger partial charge in [-0.1, -0.05) is 60.8 Å². The summed E-state index contributed by atoms with van der Waals surface area (Å²) in [6.45, 7) is 3.29. The van der Waals surface area contributed by atoms with Gasteiger partial charge in [0.15, 0.2) is 0 Å². The number of piperidine rings is 1. The van der Waals surface area contributed by atoms with Crippen molar-refractivity contribution in [1.82, 2.24) is 9.31 Å². The topological polar surface area (TPSA) is 70.0 Å². The number of sulfonamides is 1. The van der Waals surface area contributed by atoms with E-state index in [0.717, 1.165) is 54.5 Å². The zero-order chi connectivity index (χ0) is 29.4. The summed E-state index contributed by atoms with van der Waals surface area (Å²) in [5, 5.41) is 7.88. The molecule has 1 amide bonds. The predicted molar refractivity (Wildman–Crippen MR) is 168 cm³/mol. The smallest absolute Gasteiger partial charge is 0.267 e. The molecule has 1 aliphatic carbocycles. The predicted octanol–water partition coefficient (Wildman–Crippen LogP) is 7.85. The molecule has 2 fully saturated rings. The Kier molecular flexibility index (Phi) is 8.29. The molecule has 6 rings (SSSR count). The van der Waals surface area contributed by atoms with Crippen molar-refractivity contribution in [3.63, 3.8) is 0 Å². The summed E-state index contributed by atoms with van der Waals surface area (Å²) in [5.41, 5.74) is 4.41. The molecule has 3 aromatic rings. The average molecular weight is 623 g/mol. The fourth-order valence-electron chi connectivity index (χ4n) is 6.37. The number of hydrogen-bond acceptors (Lipinski definition) is 4. The van der Waals surface area contributed by atoms with Crippen LogP contribution < -0.4 is 0 Å². The van der Waals surface area contributed by atoms with E-state index >= 15 is 0 Å². The fourth-order valence-corrected chi connectivity index (χ4v) is 8.14. The van der Waals surface area contributed by atoms with Crippen LogP contribution in [0.5, 0.6) is 0 Å². The first-order valence-electron chi connectivity index (χ1n) is 14.4. The maximum atomic E-state index is 14.1. The van der Waals surface area contributed by atoms with E-state index < -0.39 is 10.0 Å². The number of allylic oxidation sites excluding steroid dienone is 1. The number of hydrazone groups is 1. The minimum absolute atomic E-state index is 0.0104. The van der Waals surface area contributed by atoms with Crippen LogP contribution in [0.4, 0.5) is 0 Å². The first-order valence-corrected chi connectivity index (χ1v) is 16.6. The molecule has 0 bridgehead atoms. The summed E-state index contributed by atoms with van der Waals surface area (Å²) in [6, 6.07) is 21.3. The van der Waals surface area contributed by atoms with E-state index in [9.17, 15) is 13.2 Å². The van der Waals surface area contributed by atoms with E-state index in [1.54, 1.807) is 29.3 Å². The second kappa shape index (κ2) is 12.0. The van der Waals surface area contributed by atoms with Crippen molar-refractivity contribution in [2.24, 2.45) is 16.9 Å². The van der Waals surface area contributed by atoms with Gasteiger partial charge in [-0.05, 0) is 103 Å². The number of nitrogens with zero attached hydrogens (tertiary/aromatic N) is 3. The van der Waals surface area contributed by atoms with Crippen molar-refractivity contribution in [2.45, 2.75) is 50.0 Å². The average Bonchev–Trinajstić information content (AvgIpc) is 3.38. The van der Waals surface area contributed by atoms with Crippen LogP contribution in [0.3, 0.4) is 0 Å². The van der Waals surface area contributed by atoms with Crippen LogP contribution in [0.1, 0.15) is 66.6 Å². The molecule has 1 saturated heterocycles. The fraction of sp³-hybridized carbons (Fsp3) is 0.333. The van der Waals surface area contributed by atoms with E-state index in [1.807, 2.05) is 48.5 Å². The third-order valence-electron chi connectivity index (χ3n) is 8.45. The van der Waals surface area contributed by atoms with Gasteiger partial charge in [-0.3, -0.25) is 4.79 Å². The highest BCUT2D eigenvalue weighted by Gasteiger charge is 2.45. The lowest BCUT2D eigenvalue weighted by molar-refractivity contribution is 0.0676. The zero-order valence-electron chi connectivity index (χ0n) is 23.4. The molecule has 6 nitrogen and oxygen atoms in total. The second-order valence-electron chi connectivity index (χ2n) is 11.5. The number of halogens is 2. The number of benzene rings is 3. The van der Waals surface area contributed by atoms with Crippen LogP contribution in [0.25, 0.3) is 6.08 Å². The molecule has 9 heteroatoms. The minimum Gasteiger partial charge on any atom is -0.267 e. The molecule has 1 saturated carbocycles. The van der Waals surface area contributed by atoms with Gasteiger partial charge in [-0.15, -0.1) is 0 Å². The van der Waals surface area contributed by atoms with Gasteiger partial charge in [0.05, 0.1) is 16.6 Å². The van der Waals surface area contributed by atoms with Crippen molar-refractivity contribution < 1.29 is 13.2 Å². The summed E-state index contributed by atoms with van der Waals surface area (Å²) in [7, 11) is -3.59. The molecule has 0 spiro atoms. The number of carbonyl (C=O) groups is 1. The lowest BCUT2D eigenvalue weighted by atomic mass is 9.73. The highest BCUT2D eigenvalue weighted by atomic mass is 35.5. The van der Waals surface area contributed by atoms with Crippen molar-refractivity contribution >= 4 is 50.9 Å². The molecule has 2 aliphatic heterocycles. The number of amides is 1. The highest BCUT2D eigenvalue weighted by molar-refractivity contribution is 7.89. The lowest BCUT2D eigenvalue weighted by Gasteiger charge is -2.32. The van der Waals surface area contributed by atoms with Gasteiger partial charge in [0.25, 0.3) is 5.91 Å². The number of rotatable bonds is 5. The Labute approximate surface area is 257 Å². The first-order chi connectivity index (χ1) is 20.2. The SMILES string of the molecule is C[C@@H]1C/C(=C\c2ccc(Cl)cc2)C2=NN(C(=O)c3ccc(S(=O)(=O)N4CCCCC4)cc3)[C@H](c3ccc(Cl)cc3)[C@H]2C1. The van der Waals surface area contributed by atoms with Gasteiger partial charge in [-0.2, -0.15) is 9.41 Å². The number of hydrogen-bond donors (Lipinski definition) is 0. The summed E-state index contributed by atoms with van der Waals surface area (Å²) in [6.07, 6.45) is 6.67. The van der Waals surface area contributed by atoms with Gasteiger partial charge >= 0.3 is 0 Å². The molecule has 3 atom stereocenters. The summed E-state index contributed by atoms with van der Waals surface area (Å²) in [5.74, 6) is 0.144. The molecular formula is C33H33Cl2N3O3S. The van der Waals surface area contributed by atoms with Crippen LogP contribution in [0.15, 0.2) is 88.4 Å². The van der Waals surface area contributed by atoms with Gasteiger partial charge in [0.1, 0.15) is 0 Å². The second-order valence-corrected chi connectivity index (χ2v) is 14.3. The van der Waals surface area contributed by atoms with Crippen molar-refractivity contribution in [3.8, 4) is 0 Å². The molecule has 0 radical (unpaired) electrons. The first kappa shape index (κ1) is 29.1. The van der Waals surface area contributed by atoms with Gasteiger partial charge in [0.2, 0.25) is 10.0 Å². The van der Waals surface area contributed by atoms with Crippen molar-refractivity contribution in [1.29, 1.82) is 0 Å². The molecular weight excluding hydrogens is 589 g/mol. The van der Waals surface area contributed by atoms with Gasteiger partial charge < -0.3 is 0 Å². The van der Waals surface area contributed by atoms with E-state index in [1.165, 1.54) is 4.31 Å². The molecule has 0 unspecified atom stereocenters. The Morgan fingerprint density at radius 3 is 2.14 bits per heavy atom. The van der Waals surface area contributed by atoms with E-state index in [4.69, 9.17) is 28.3 Å². The standard InChI is InChI=1S/C33H33Cl2N3O3S/c1-22-19-26(21-23-5-11-27(34)12-6-23)31-30(20-22)32(24-7-13-28(35)14-8-24)38(36-31)33(39)25-9-15-29(16-10-25)42(40,41)37-17-3-2-4-18-37/h5-16,21-22,30,32H,2-4,17-20H2,1H3/b26-21+/t22-,30+,32-/m1/s1. The summed E-state index contributed by atoms with van der Waals surface area (Å²) >= 11 is 12.3. The Hall–Kier alpha value is -2.97. The highest BCUT2D eigenvalue weighted by Crippen LogP contribution is 2.46. The van der Waals surface area contributed by atoms with Crippen LogP contribution in [0, 0.1) is 11.8 Å². The normalized spacial score (nSPS) is 24.0. The Balaban J connectivity index is 1.36. The molecule has 0 aromatic heterocycles. The maximum absolute atomic E-state index is 14.1. The Bertz CT molecular complexity index is 1630. The van der Waals surface area contributed by atoms with Crippen LogP contribution in [0.2, 0.25) is 10.0 Å². The molecule has 218 valence electrons. The largest absolute Gasteiger partial charge is 0.274 e.